The number of aryl methyl sites for hydroxylation is 1. The van der Waals surface area contributed by atoms with E-state index in [0.29, 0.717) is 17.3 Å². The topological polar surface area (TPSA) is 68.5 Å². The molecule has 0 aliphatic carbocycles. The highest BCUT2D eigenvalue weighted by Crippen LogP contribution is 2.25. The van der Waals surface area contributed by atoms with Gasteiger partial charge in [-0.05, 0) is 47.6 Å². The molecule has 0 saturated heterocycles. The van der Waals surface area contributed by atoms with Crippen molar-refractivity contribution in [1.82, 2.24) is 5.32 Å². The number of rotatable bonds is 7. The third-order valence-electron chi connectivity index (χ3n) is 5.24. The average Bonchev–Trinajstić information content (AvgIpc) is 2.70. The summed E-state index contributed by atoms with van der Waals surface area (Å²) in [6.07, 6.45) is 0. The van der Waals surface area contributed by atoms with Gasteiger partial charge in [0.1, 0.15) is 11.3 Å². The third-order valence-corrected chi connectivity index (χ3v) is 5.24. The highest BCUT2D eigenvalue weighted by molar-refractivity contribution is 5.82. The van der Waals surface area contributed by atoms with Gasteiger partial charge >= 0.3 is 5.63 Å². The number of fused-ring (bicyclic) bond motifs is 1. The van der Waals surface area contributed by atoms with Gasteiger partial charge in [0.2, 0.25) is 0 Å². The van der Waals surface area contributed by atoms with E-state index in [1.807, 2.05) is 13.0 Å². The molecule has 0 saturated carbocycles. The Morgan fingerprint density at radius 2 is 1.67 bits per heavy atom. The molecule has 0 aliphatic heterocycles. The Bertz CT molecular complexity index is 1080. The second-order valence-electron chi connectivity index (χ2n) is 8.31. The average molecular weight is 408 g/mol. The molecule has 3 aromatic rings. The lowest BCUT2D eigenvalue weighted by atomic mass is 9.93. The molecule has 0 spiro atoms. The van der Waals surface area contributed by atoms with E-state index in [1.54, 1.807) is 12.1 Å². The van der Waals surface area contributed by atoms with Crippen molar-refractivity contribution in [3.8, 4) is 5.75 Å². The fourth-order valence-electron chi connectivity index (χ4n) is 3.48. The van der Waals surface area contributed by atoms with Crippen molar-refractivity contribution < 1.29 is 13.9 Å². The van der Waals surface area contributed by atoms with Crippen LogP contribution < -0.4 is 15.7 Å². The molecule has 5 heteroatoms. The Morgan fingerprint density at radius 3 is 2.30 bits per heavy atom. The summed E-state index contributed by atoms with van der Waals surface area (Å²) in [6, 6.07) is 15.0. The van der Waals surface area contributed by atoms with Crippen molar-refractivity contribution in [3.05, 3.63) is 75.6 Å². The Hall–Kier alpha value is -3.08. The second-order valence-corrected chi connectivity index (χ2v) is 8.31. The minimum absolute atomic E-state index is 0.0976. The summed E-state index contributed by atoms with van der Waals surface area (Å²) < 4.78 is 10.9. The first-order valence-corrected chi connectivity index (χ1v) is 10.3. The summed E-state index contributed by atoms with van der Waals surface area (Å²) in [5.74, 6) is 0.979. The van der Waals surface area contributed by atoms with E-state index in [9.17, 15) is 9.59 Å². The monoisotopic (exact) mass is 407 g/mol. The first kappa shape index (κ1) is 21.6. The van der Waals surface area contributed by atoms with Crippen molar-refractivity contribution in [3.63, 3.8) is 0 Å². The lowest BCUT2D eigenvalue weighted by Gasteiger charge is -2.23. The summed E-state index contributed by atoms with van der Waals surface area (Å²) in [6.45, 7) is 10.2. The SMILES string of the molecule is Cc1cc(=O)oc2cc(OCC(=O)N[C@H](c3ccc(C(C)C)cc3)C(C)C)ccc12. The van der Waals surface area contributed by atoms with Crippen molar-refractivity contribution in [2.45, 2.75) is 46.6 Å². The normalized spacial score (nSPS) is 12.4. The molecular formula is C25H29NO4. The summed E-state index contributed by atoms with van der Waals surface area (Å²) >= 11 is 0. The molecule has 0 radical (unpaired) electrons. The number of carbonyl (C=O) groups excluding carboxylic acids is 1. The van der Waals surface area contributed by atoms with Gasteiger partial charge in [0.05, 0.1) is 6.04 Å². The minimum atomic E-state index is -0.404. The van der Waals surface area contributed by atoms with Crippen LogP contribution in [-0.2, 0) is 4.79 Å². The van der Waals surface area contributed by atoms with Crippen LogP contribution in [0.2, 0.25) is 0 Å². The van der Waals surface area contributed by atoms with Gasteiger partial charge in [-0.3, -0.25) is 4.79 Å². The third kappa shape index (κ3) is 5.09. The number of hydrogen-bond acceptors (Lipinski definition) is 4. The van der Waals surface area contributed by atoms with E-state index in [1.165, 1.54) is 11.6 Å². The molecule has 1 heterocycles. The number of nitrogens with one attached hydrogen (secondary N) is 1. The largest absolute Gasteiger partial charge is 0.484 e. The molecule has 1 aromatic heterocycles. The van der Waals surface area contributed by atoms with Crippen LogP contribution in [0.1, 0.15) is 56.3 Å². The Balaban J connectivity index is 1.67. The molecule has 1 atom stereocenters. The predicted octanol–water partition coefficient (Wildman–Crippen LogP) is 5.12. The van der Waals surface area contributed by atoms with Crippen molar-refractivity contribution in [2.24, 2.45) is 5.92 Å². The van der Waals surface area contributed by atoms with Crippen LogP contribution in [0, 0.1) is 12.8 Å². The summed E-state index contributed by atoms with van der Waals surface area (Å²) in [4.78, 5) is 24.1. The van der Waals surface area contributed by atoms with Crippen LogP contribution in [0.5, 0.6) is 5.75 Å². The Morgan fingerprint density at radius 1 is 1.00 bits per heavy atom. The van der Waals surface area contributed by atoms with Crippen LogP contribution in [0.15, 0.2) is 57.7 Å². The number of carbonyl (C=O) groups is 1. The van der Waals surface area contributed by atoms with Crippen LogP contribution in [-0.4, -0.2) is 12.5 Å². The molecule has 1 amide bonds. The van der Waals surface area contributed by atoms with Crippen molar-refractivity contribution in [2.75, 3.05) is 6.61 Å². The molecule has 0 fully saturated rings. The van der Waals surface area contributed by atoms with Gasteiger partial charge in [-0.15, -0.1) is 0 Å². The first-order chi connectivity index (χ1) is 14.2. The molecule has 5 nitrogen and oxygen atoms in total. The van der Waals surface area contributed by atoms with Gasteiger partial charge < -0.3 is 14.5 Å². The van der Waals surface area contributed by atoms with Crippen molar-refractivity contribution in [1.29, 1.82) is 0 Å². The van der Waals surface area contributed by atoms with Crippen LogP contribution in [0.3, 0.4) is 0 Å². The van der Waals surface area contributed by atoms with E-state index in [0.717, 1.165) is 16.5 Å². The summed E-state index contributed by atoms with van der Waals surface area (Å²) in [7, 11) is 0. The molecule has 1 N–H and O–H groups in total. The summed E-state index contributed by atoms with van der Waals surface area (Å²) in [5, 5.41) is 3.91. The number of amides is 1. The maximum absolute atomic E-state index is 12.5. The molecule has 30 heavy (non-hydrogen) atoms. The quantitative estimate of drug-likeness (QED) is 0.552. The molecular weight excluding hydrogens is 378 g/mol. The molecule has 0 unspecified atom stereocenters. The lowest BCUT2D eigenvalue weighted by Crippen LogP contribution is -2.35. The van der Waals surface area contributed by atoms with E-state index >= 15 is 0 Å². The first-order valence-electron chi connectivity index (χ1n) is 10.3. The van der Waals surface area contributed by atoms with Gasteiger partial charge in [0, 0.05) is 17.5 Å². The van der Waals surface area contributed by atoms with Crippen LogP contribution in [0.4, 0.5) is 0 Å². The lowest BCUT2D eigenvalue weighted by molar-refractivity contribution is -0.124. The van der Waals surface area contributed by atoms with E-state index in [2.05, 4.69) is 57.3 Å². The van der Waals surface area contributed by atoms with Gasteiger partial charge in [0.25, 0.3) is 5.91 Å². The van der Waals surface area contributed by atoms with Crippen LogP contribution >= 0.6 is 0 Å². The molecule has 3 rings (SSSR count). The van der Waals surface area contributed by atoms with E-state index in [-0.39, 0.29) is 24.5 Å². The number of benzene rings is 2. The van der Waals surface area contributed by atoms with Gasteiger partial charge in [-0.2, -0.15) is 0 Å². The fourth-order valence-corrected chi connectivity index (χ4v) is 3.48. The van der Waals surface area contributed by atoms with Crippen LogP contribution in [0.25, 0.3) is 11.0 Å². The smallest absolute Gasteiger partial charge is 0.336 e. The highest BCUT2D eigenvalue weighted by Gasteiger charge is 2.19. The highest BCUT2D eigenvalue weighted by atomic mass is 16.5. The Kier molecular flexibility index (Phi) is 6.60. The zero-order chi connectivity index (χ0) is 21.8. The molecule has 0 aliphatic rings. The van der Waals surface area contributed by atoms with Gasteiger partial charge in [-0.1, -0.05) is 52.0 Å². The molecule has 158 valence electrons. The molecule has 2 aromatic carbocycles. The van der Waals surface area contributed by atoms with Crippen molar-refractivity contribution >= 4 is 16.9 Å². The zero-order valence-corrected chi connectivity index (χ0v) is 18.2. The summed E-state index contributed by atoms with van der Waals surface area (Å²) in [5.41, 5.74) is 3.23. The molecule has 0 bridgehead atoms. The maximum Gasteiger partial charge on any atom is 0.336 e. The van der Waals surface area contributed by atoms with Gasteiger partial charge in [-0.25, -0.2) is 4.79 Å². The van der Waals surface area contributed by atoms with Gasteiger partial charge in [0.15, 0.2) is 6.61 Å². The predicted molar refractivity (Wildman–Crippen MR) is 119 cm³/mol. The number of hydrogen-bond donors (Lipinski definition) is 1. The minimum Gasteiger partial charge on any atom is -0.484 e. The van der Waals surface area contributed by atoms with E-state index in [4.69, 9.17) is 9.15 Å². The zero-order valence-electron chi connectivity index (χ0n) is 18.2. The number of ether oxygens (including phenoxy) is 1. The fraction of sp³-hybridized carbons (Fsp3) is 0.360. The maximum atomic E-state index is 12.5. The van der Waals surface area contributed by atoms with E-state index < -0.39 is 5.63 Å². The second kappa shape index (κ2) is 9.16. The standard InChI is InChI=1S/C25H29NO4/c1-15(2)18-6-8-19(9-7-18)25(16(3)4)26-23(27)14-29-20-10-11-21-17(5)12-24(28)30-22(21)13-20/h6-13,15-16,25H,14H2,1-5H3,(H,26,27)/t25-/m0/s1. The Labute approximate surface area is 177 Å².